The van der Waals surface area contributed by atoms with Gasteiger partial charge in [0.2, 0.25) is 5.91 Å². The average molecular weight is 258 g/mol. The van der Waals surface area contributed by atoms with E-state index in [-0.39, 0.29) is 17.7 Å². The summed E-state index contributed by atoms with van der Waals surface area (Å²) >= 11 is 0. The van der Waals surface area contributed by atoms with Crippen LogP contribution in [-0.2, 0) is 14.6 Å². The monoisotopic (exact) mass is 258 g/mol. The predicted molar refractivity (Wildman–Crippen MR) is 65.1 cm³/mol. The minimum absolute atomic E-state index is 0.00492. The van der Waals surface area contributed by atoms with Crippen LogP contribution < -0.4 is 10.6 Å². The van der Waals surface area contributed by atoms with Gasteiger partial charge in [-0.25, -0.2) is 8.42 Å². The van der Waals surface area contributed by atoms with E-state index in [0.29, 0.717) is 12.3 Å². The summed E-state index contributed by atoms with van der Waals surface area (Å²) < 4.78 is 22.3. The summed E-state index contributed by atoms with van der Waals surface area (Å²) in [5.41, 5.74) is 0. The van der Waals surface area contributed by atoms with Crippen molar-refractivity contribution in [2.45, 2.75) is 25.3 Å². The molecule has 1 unspecified atom stereocenters. The van der Waals surface area contributed by atoms with Crippen molar-refractivity contribution >= 4 is 15.7 Å². The summed E-state index contributed by atoms with van der Waals surface area (Å²) in [5.74, 6) is 0.396. The number of amides is 1. The summed E-state index contributed by atoms with van der Waals surface area (Å²) in [6.07, 6.45) is 4.10. The van der Waals surface area contributed by atoms with Crippen molar-refractivity contribution in [2.75, 3.05) is 18.8 Å². The van der Waals surface area contributed by atoms with E-state index in [1.165, 1.54) is 5.41 Å². The maximum Gasteiger partial charge on any atom is 0.220 e. The second kappa shape index (κ2) is 5.18. The van der Waals surface area contributed by atoms with Crippen molar-refractivity contribution in [3.63, 3.8) is 0 Å². The topological polar surface area (TPSA) is 75.3 Å². The molecule has 0 radical (unpaired) electrons. The molecule has 6 heteroatoms. The molecular formula is C11H18N2O3S. The van der Waals surface area contributed by atoms with E-state index in [9.17, 15) is 13.2 Å². The third-order valence-electron chi connectivity index (χ3n) is 3.21. The summed E-state index contributed by atoms with van der Waals surface area (Å²) in [7, 11) is -3.08. The van der Waals surface area contributed by atoms with Gasteiger partial charge in [-0.3, -0.25) is 4.79 Å². The lowest BCUT2D eigenvalue weighted by Crippen LogP contribution is -2.38. The Labute approximate surface area is 102 Å². The number of carbonyl (C=O) groups is 1. The molecule has 0 aliphatic carbocycles. The van der Waals surface area contributed by atoms with Crippen LogP contribution in [-0.4, -0.2) is 39.2 Å². The van der Waals surface area contributed by atoms with Crippen LogP contribution in [0.15, 0.2) is 11.5 Å². The van der Waals surface area contributed by atoms with Crippen LogP contribution in [0.4, 0.5) is 0 Å². The van der Waals surface area contributed by atoms with Crippen molar-refractivity contribution in [2.24, 2.45) is 5.92 Å². The van der Waals surface area contributed by atoms with Crippen molar-refractivity contribution in [1.29, 1.82) is 0 Å². The molecule has 2 heterocycles. The van der Waals surface area contributed by atoms with Gasteiger partial charge in [0.15, 0.2) is 9.84 Å². The second-order valence-corrected chi connectivity index (χ2v) is 6.66. The maximum absolute atomic E-state index is 11.7. The van der Waals surface area contributed by atoms with Crippen LogP contribution in [0.5, 0.6) is 0 Å². The molecule has 1 saturated heterocycles. The minimum Gasteiger partial charge on any atom is -0.349 e. The highest BCUT2D eigenvalue weighted by molar-refractivity contribution is 7.94. The van der Waals surface area contributed by atoms with E-state index in [1.807, 2.05) is 0 Å². The lowest BCUT2D eigenvalue weighted by molar-refractivity contribution is -0.122. The van der Waals surface area contributed by atoms with Crippen LogP contribution in [0, 0.1) is 5.92 Å². The number of rotatable bonds is 3. The van der Waals surface area contributed by atoms with Crippen LogP contribution in [0.25, 0.3) is 0 Å². The second-order valence-electron chi connectivity index (χ2n) is 4.73. The fourth-order valence-electron chi connectivity index (χ4n) is 2.28. The normalized spacial score (nSPS) is 28.1. The van der Waals surface area contributed by atoms with Gasteiger partial charge in [-0.05, 0) is 37.9 Å². The molecular weight excluding hydrogens is 240 g/mol. The van der Waals surface area contributed by atoms with Crippen molar-refractivity contribution in [3.8, 4) is 0 Å². The molecule has 2 N–H and O–H groups in total. The standard InChI is InChI=1S/C11H18N2O3S/c14-11(7-9-1-4-12-5-2-9)13-10-3-6-17(15,16)8-10/h3,6,9-10,12H,1-2,4-5,7-8H2,(H,13,14). The molecule has 0 saturated carbocycles. The first kappa shape index (κ1) is 12.6. The van der Waals surface area contributed by atoms with Gasteiger partial charge in [0, 0.05) is 11.8 Å². The van der Waals surface area contributed by atoms with Crippen LogP contribution in [0.2, 0.25) is 0 Å². The zero-order valence-corrected chi connectivity index (χ0v) is 10.5. The Kier molecular flexibility index (Phi) is 3.83. The SMILES string of the molecule is O=C(CC1CCNCC1)NC1C=CS(=O)(=O)C1. The Bertz CT molecular complexity index is 410. The molecule has 0 aromatic heterocycles. The van der Waals surface area contributed by atoms with Gasteiger partial charge in [-0.1, -0.05) is 0 Å². The Hall–Kier alpha value is -0.880. The van der Waals surface area contributed by atoms with Crippen LogP contribution in [0.3, 0.4) is 0 Å². The summed E-state index contributed by atoms with van der Waals surface area (Å²) in [5, 5.41) is 7.19. The highest BCUT2D eigenvalue weighted by Crippen LogP contribution is 2.16. The minimum atomic E-state index is -3.08. The molecule has 2 rings (SSSR count). The first-order valence-corrected chi connectivity index (χ1v) is 7.68. The van der Waals surface area contributed by atoms with Crippen LogP contribution >= 0.6 is 0 Å². The molecule has 1 fully saturated rings. The number of nitrogens with one attached hydrogen (secondary N) is 2. The quantitative estimate of drug-likeness (QED) is 0.735. The molecule has 0 aromatic rings. The summed E-state index contributed by atoms with van der Waals surface area (Å²) in [4.78, 5) is 11.7. The van der Waals surface area contributed by atoms with E-state index in [1.54, 1.807) is 6.08 Å². The van der Waals surface area contributed by atoms with Crippen molar-refractivity contribution < 1.29 is 13.2 Å². The molecule has 0 aromatic carbocycles. The lowest BCUT2D eigenvalue weighted by atomic mass is 9.94. The first-order valence-electron chi connectivity index (χ1n) is 5.96. The maximum atomic E-state index is 11.7. The summed E-state index contributed by atoms with van der Waals surface area (Å²) in [6.45, 7) is 1.94. The number of hydrogen-bond donors (Lipinski definition) is 2. The number of piperidine rings is 1. The molecule has 0 spiro atoms. The lowest BCUT2D eigenvalue weighted by Gasteiger charge is -2.22. The highest BCUT2D eigenvalue weighted by Gasteiger charge is 2.24. The Balaban J connectivity index is 1.76. The zero-order valence-electron chi connectivity index (χ0n) is 9.69. The third-order valence-corrected chi connectivity index (χ3v) is 4.60. The van der Waals surface area contributed by atoms with E-state index in [2.05, 4.69) is 10.6 Å². The molecule has 17 heavy (non-hydrogen) atoms. The number of carbonyl (C=O) groups excluding carboxylic acids is 1. The molecule has 1 amide bonds. The summed E-state index contributed by atoms with van der Waals surface area (Å²) in [6, 6.07) is -0.339. The fourth-order valence-corrected chi connectivity index (χ4v) is 3.51. The van der Waals surface area contributed by atoms with Gasteiger partial charge >= 0.3 is 0 Å². The Morgan fingerprint density at radius 1 is 1.35 bits per heavy atom. The fraction of sp³-hybridized carbons (Fsp3) is 0.727. The smallest absolute Gasteiger partial charge is 0.220 e. The number of hydrogen-bond acceptors (Lipinski definition) is 4. The van der Waals surface area contributed by atoms with Crippen LogP contribution in [0.1, 0.15) is 19.3 Å². The van der Waals surface area contributed by atoms with Crippen molar-refractivity contribution in [3.05, 3.63) is 11.5 Å². The zero-order chi connectivity index (χ0) is 12.3. The molecule has 5 nitrogen and oxygen atoms in total. The van der Waals surface area contributed by atoms with E-state index < -0.39 is 9.84 Å². The van der Waals surface area contributed by atoms with Gasteiger partial charge in [0.05, 0.1) is 11.8 Å². The largest absolute Gasteiger partial charge is 0.349 e. The molecule has 2 aliphatic rings. The molecule has 0 bridgehead atoms. The van der Waals surface area contributed by atoms with E-state index in [0.717, 1.165) is 25.9 Å². The average Bonchev–Trinajstić information content (AvgIpc) is 2.59. The van der Waals surface area contributed by atoms with Gasteiger partial charge < -0.3 is 10.6 Å². The third kappa shape index (κ3) is 3.81. The highest BCUT2D eigenvalue weighted by atomic mass is 32.2. The van der Waals surface area contributed by atoms with Gasteiger partial charge in [-0.15, -0.1) is 0 Å². The molecule has 96 valence electrons. The van der Waals surface area contributed by atoms with Gasteiger partial charge in [0.25, 0.3) is 0 Å². The Morgan fingerprint density at radius 2 is 2.06 bits per heavy atom. The van der Waals surface area contributed by atoms with Gasteiger partial charge in [-0.2, -0.15) is 0 Å². The first-order chi connectivity index (χ1) is 8.05. The van der Waals surface area contributed by atoms with E-state index >= 15 is 0 Å². The molecule has 1 atom stereocenters. The van der Waals surface area contributed by atoms with Crippen molar-refractivity contribution in [1.82, 2.24) is 10.6 Å². The Morgan fingerprint density at radius 3 is 2.65 bits per heavy atom. The molecule has 2 aliphatic heterocycles. The van der Waals surface area contributed by atoms with E-state index in [4.69, 9.17) is 0 Å². The van der Waals surface area contributed by atoms with Gasteiger partial charge in [0.1, 0.15) is 0 Å². The number of sulfone groups is 1. The predicted octanol–water partition coefficient (Wildman–Crippen LogP) is -0.197.